The zero-order valence-corrected chi connectivity index (χ0v) is 12.0. The second kappa shape index (κ2) is 5.05. The second-order valence-corrected chi connectivity index (χ2v) is 5.70. The molecule has 0 N–H and O–H groups in total. The van der Waals surface area contributed by atoms with E-state index in [-0.39, 0.29) is 0 Å². The third-order valence-corrected chi connectivity index (χ3v) is 4.27. The number of nitrogens with zero attached hydrogens (tertiary/aromatic N) is 2. The second-order valence-electron chi connectivity index (χ2n) is 4.89. The number of piperazine rings is 1. The highest BCUT2D eigenvalue weighted by atomic mass is 35.5. The Kier molecular flexibility index (Phi) is 3.86. The zero-order chi connectivity index (χ0) is 12.6. The van der Waals surface area contributed by atoms with Crippen molar-refractivity contribution in [3.8, 4) is 0 Å². The van der Waals surface area contributed by atoms with Crippen LogP contribution in [0.4, 0.5) is 5.69 Å². The van der Waals surface area contributed by atoms with E-state index in [0.29, 0.717) is 22.1 Å². The molecule has 0 spiro atoms. The maximum Gasteiger partial charge on any atom is 0.0612 e. The third kappa shape index (κ3) is 2.70. The van der Waals surface area contributed by atoms with Crippen molar-refractivity contribution in [3.05, 3.63) is 28.2 Å². The summed E-state index contributed by atoms with van der Waals surface area (Å²) in [6.45, 7) is 6.58. The van der Waals surface area contributed by atoms with E-state index in [1.54, 1.807) is 0 Å². The molecule has 1 aliphatic heterocycles. The minimum Gasteiger partial charge on any atom is -0.366 e. The predicted octanol–water partition coefficient (Wildman–Crippen LogP) is 3.52. The monoisotopic (exact) mass is 272 g/mol. The van der Waals surface area contributed by atoms with Crippen LogP contribution in [0.25, 0.3) is 0 Å². The van der Waals surface area contributed by atoms with Gasteiger partial charge in [0.1, 0.15) is 0 Å². The van der Waals surface area contributed by atoms with Crippen LogP contribution in [0.2, 0.25) is 10.0 Å². The van der Waals surface area contributed by atoms with E-state index in [1.807, 2.05) is 18.2 Å². The van der Waals surface area contributed by atoms with Gasteiger partial charge in [-0.25, -0.2) is 0 Å². The molecular formula is C13H18Cl2N2. The molecule has 1 heterocycles. The van der Waals surface area contributed by atoms with Crippen molar-refractivity contribution in [2.45, 2.75) is 25.9 Å². The van der Waals surface area contributed by atoms with Crippen LogP contribution in [0.3, 0.4) is 0 Å². The highest BCUT2D eigenvalue weighted by Crippen LogP contribution is 2.29. The lowest BCUT2D eigenvalue weighted by atomic mass is 10.1. The first-order valence-corrected chi connectivity index (χ1v) is 6.66. The SMILES string of the molecule is C[C@@H]1CN(C)[C@@H](C)CN1c1ccc(Cl)c(Cl)c1. The fourth-order valence-electron chi connectivity index (χ4n) is 2.32. The summed E-state index contributed by atoms with van der Waals surface area (Å²) in [5.41, 5.74) is 1.16. The van der Waals surface area contributed by atoms with Gasteiger partial charge < -0.3 is 4.90 Å². The summed E-state index contributed by atoms with van der Waals surface area (Å²) >= 11 is 12.0. The lowest BCUT2D eigenvalue weighted by molar-refractivity contribution is 0.206. The number of hydrogen-bond donors (Lipinski definition) is 0. The van der Waals surface area contributed by atoms with Gasteiger partial charge in [0, 0.05) is 30.9 Å². The van der Waals surface area contributed by atoms with Gasteiger partial charge in [0.25, 0.3) is 0 Å². The van der Waals surface area contributed by atoms with E-state index in [9.17, 15) is 0 Å². The van der Waals surface area contributed by atoms with E-state index in [2.05, 4.69) is 30.7 Å². The Hall–Kier alpha value is -0.440. The Bertz CT molecular complexity index is 408. The highest BCUT2D eigenvalue weighted by Gasteiger charge is 2.26. The lowest BCUT2D eigenvalue weighted by Gasteiger charge is -2.43. The highest BCUT2D eigenvalue weighted by molar-refractivity contribution is 6.42. The number of likely N-dealkylation sites (N-methyl/N-ethyl adjacent to an activating group) is 1. The van der Waals surface area contributed by atoms with E-state index in [0.717, 1.165) is 18.8 Å². The van der Waals surface area contributed by atoms with Gasteiger partial charge in [-0.1, -0.05) is 23.2 Å². The molecule has 0 amide bonds. The van der Waals surface area contributed by atoms with Crippen LogP contribution in [0, 0.1) is 0 Å². The van der Waals surface area contributed by atoms with Crippen LogP contribution in [0.1, 0.15) is 13.8 Å². The minimum atomic E-state index is 0.494. The summed E-state index contributed by atoms with van der Waals surface area (Å²) < 4.78 is 0. The van der Waals surface area contributed by atoms with E-state index in [1.165, 1.54) is 0 Å². The Morgan fingerprint density at radius 1 is 1.06 bits per heavy atom. The van der Waals surface area contributed by atoms with Crippen molar-refractivity contribution in [2.75, 3.05) is 25.0 Å². The molecule has 0 saturated carbocycles. The topological polar surface area (TPSA) is 6.48 Å². The summed E-state index contributed by atoms with van der Waals surface area (Å²) in [5, 5.41) is 1.24. The van der Waals surface area contributed by atoms with E-state index < -0.39 is 0 Å². The summed E-state index contributed by atoms with van der Waals surface area (Å²) in [4.78, 5) is 4.78. The Balaban J connectivity index is 2.23. The predicted molar refractivity (Wildman–Crippen MR) is 75.4 cm³/mol. The molecule has 1 fully saturated rings. The Labute approximate surface area is 113 Å². The lowest BCUT2D eigenvalue weighted by Crippen LogP contribution is -2.55. The molecule has 2 rings (SSSR count). The number of benzene rings is 1. The van der Waals surface area contributed by atoms with Crippen molar-refractivity contribution < 1.29 is 0 Å². The quantitative estimate of drug-likeness (QED) is 0.772. The molecule has 94 valence electrons. The molecule has 1 aromatic carbocycles. The summed E-state index contributed by atoms with van der Waals surface area (Å²) in [6, 6.07) is 6.92. The van der Waals surface area contributed by atoms with Crippen molar-refractivity contribution in [1.29, 1.82) is 0 Å². The van der Waals surface area contributed by atoms with Crippen molar-refractivity contribution in [3.63, 3.8) is 0 Å². The largest absolute Gasteiger partial charge is 0.366 e. The first-order valence-electron chi connectivity index (χ1n) is 5.91. The molecule has 1 aromatic rings. The average Bonchev–Trinajstić information content (AvgIpc) is 2.27. The maximum absolute atomic E-state index is 6.08. The summed E-state index contributed by atoms with van der Waals surface area (Å²) in [7, 11) is 2.17. The van der Waals surface area contributed by atoms with Crippen LogP contribution in [-0.4, -0.2) is 37.1 Å². The van der Waals surface area contributed by atoms with Gasteiger partial charge >= 0.3 is 0 Å². The maximum atomic E-state index is 6.08. The fraction of sp³-hybridized carbons (Fsp3) is 0.538. The zero-order valence-electron chi connectivity index (χ0n) is 10.5. The molecular weight excluding hydrogens is 255 g/mol. The van der Waals surface area contributed by atoms with Crippen LogP contribution in [0.5, 0.6) is 0 Å². The van der Waals surface area contributed by atoms with Gasteiger partial charge in [0.2, 0.25) is 0 Å². The normalized spacial score (nSPS) is 26.3. The van der Waals surface area contributed by atoms with Crippen LogP contribution >= 0.6 is 23.2 Å². The van der Waals surface area contributed by atoms with Crippen LogP contribution in [0.15, 0.2) is 18.2 Å². The Morgan fingerprint density at radius 3 is 2.41 bits per heavy atom. The smallest absolute Gasteiger partial charge is 0.0612 e. The minimum absolute atomic E-state index is 0.494. The summed E-state index contributed by atoms with van der Waals surface area (Å²) in [6.07, 6.45) is 0. The van der Waals surface area contributed by atoms with E-state index in [4.69, 9.17) is 23.2 Å². The van der Waals surface area contributed by atoms with Gasteiger partial charge in [0.15, 0.2) is 0 Å². The van der Waals surface area contributed by atoms with Gasteiger partial charge in [-0.15, -0.1) is 0 Å². The molecule has 4 heteroatoms. The van der Waals surface area contributed by atoms with Gasteiger partial charge in [-0.2, -0.15) is 0 Å². The third-order valence-electron chi connectivity index (χ3n) is 3.53. The molecule has 17 heavy (non-hydrogen) atoms. The molecule has 2 atom stereocenters. The first-order chi connectivity index (χ1) is 7.99. The summed E-state index contributed by atoms with van der Waals surface area (Å²) in [5.74, 6) is 0. The van der Waals surface area contributed by atoms with Crippen LogP contribution < -0.4 is 4.90 Å². The number of hydrogen-bond acceptors (Lipinski definition) is 2. The van der Waals surface area contributed by atoms with Gasteiger partial charge in [-0.3, -0.25) is 4.90 Å². The molecule has 0 radical (unpaired) electrons. The molecule has 2 nitrogen and oxygen atoms in total. The van der Waals surface area contributed by atoms with Crippen molar-refractivity contribution in [1.82, 2.24) is 4.90 Å². The molecule has 1 saturated heterocycles. The van der Waals surface area contributed by atoms with Crippen LogP contribution in [-0.2, 0) is 0 Å². The molecule has 0 aromatic heterocycles. The first kappa shape index (κ1) is 13.0. The fourth-order valence-corrected chi connectivity index (χ4v) is 2.62. The van der Waals surface area contributed by atoms with Gasteiger partial charge in [-0.05, 0) is 39.1 Å². The average molecular weight is 273 g/mol. The van der Waals surface area contributed by atoms with Crippen molar-refractivity contribution in [2.24, 2.45) is 0 Å². The number of anilines is 1. The molecule has 0 bridgehead atoms. The van der Waals surface area contributed by atoms with Crippen molar-refractivity contribution >= 4 is 28.9 Å². The number of halogens is 2. The molecule has 1 aliphatic rings. The van der Waals surface area contributed by atoms with Gasteiger partial charge in [0.05, 0.1) is 10.0 Å². The Morgan fingerprint density at radius 2 is 1.76 bits per heavy atom. The number of rotatable bonds is 1. The molecule has 0 aliphatic carbocycles. The standard InChI is InChI=1S/C13H18Cl2N2/c1-9-8-17(10(2)7-16(9)3)11-4-5-12(14)13(15)6-11/h4-6,9-10H,7-8H2,1-3H3/t9-,10+/m0/s1. The molecule has 0 unspecified atom stereocenters. The van der Waals surface area contributed by atoms with E-state index >= 15 is 0 Å².